The van der Waals surface area contributed by atoms with Crippen LogP contribution in [0, 0.1) is 6.92 Å². The molecule has 4 heteroatoms. The van der Waals surface area contributed by atoms with Gasteiger partial charge in [0.2, 0.25) is 0 Å². The first kappa shape index (κ1) is 12.9. The van der Waals surface area contributed by atoms with Gasteiger partial charge in [0.15, 0.2) is 0 Å². The zero-order valence-corrected chi connectivity index (χ0v) is 12.1. The van der Waals surface area contributed by atoms with Crippen LogP contribution in [0.3, 0.4) is 0 Å². The molecule has 0 aliphatic heterocycles. The molecule has 0 saturated heterocycles. The summed E-state index contributed by atoms with van der Waals surface area (Å²) >= 11 is 1.69. The van der Waals surface area contributed by atoms with Gasteiger partial charge in [-0.15, -0.1) is 11.3 Å². The Bertz CT molecular complexity index is 519. The summed E-state index contributed by atoms with van der Waals surface area (Å²) in [6.07, 6.45) is 0. The molecule has 0 aliphatic rings. The predicted molar refractivity (Wildman–Crippen MR) is 79.7 cm³/mol. The first-order valence-electron chi connectivity index (χ1n) is 6.03. The number of benzene rings is 1. The first-order chi connectivity index (χ1) is 8.58. The van der Waals surface area contributed by atoms with E-state index in [1.807, 2.05) is 13.0 Å². The predicted octanol–water partition coefficient (Wildman–Crippen LogP) is 3.69. The van der Waals surface area contributed by atoms with Crippen LogP contribution in [-0.2, 0) is 0 Å². The van der Waals surface area contributed by atoms with Gasteiger partial charge in [-0.25, -0.2) is 4.98 Å². The number of hydrogen-bond acceptors (Lipinski definition) is 4. The first-order valence-corrected chi connectivity index (χ1v) is 6.91. The number of nitrogens with zero attached hydrogens (tertiary/aromatic N) is 2. The van der Waals surface area contributed by atoms with E-state index in [9.17, 15) is 0 Å². The summed E-state index contributed by atoms with van der Waals surface area (Å²) in [5, 5.41) is 6.75. The van der Waals surface area contributed by atoms with Crippen molar-refractivity contribution in [2.45, 2.75) is 19.9 Å². The van der Waals surface area contributed by atoms with Crippen LogP contribution in [0.15, 0.2) is 29.6 Å². The molecule has 1 unspecified atom stereocenters. The smallest absolute Gasteiger partial charge is 0.0898 e. The molecule has 1 N–H and O–H groups in total. The Kier molecular flexibility index (Phi) is 3.87. The maximum Gasteiger partial charge on any atom is 0.0898 e. The van der Waals surface area contributed by atoms with Crippen molar-refractivity contribution in [2.75, 3.05) is 24.3 Å². The van der Waals surface area contributed by atoms with E-state index in [1.54, 1.807) is 11.3 Å². The molecule has 0 saturated carbocycles. The van der Waals surface area contributed by atoms with Gasteiger partial charge in [0.1, 0.15) is 0 Å². The van der Waals surface area contributed by atoms with Crippen LogP contribution in [0.2, 0.25) is 0 Å². The van der Waals surface area contributed by atoms with Gasteiger partial charge in [0.05, 0.1) is 28.1 Å². The molecule has 0 radical (unpaired) electrons. The molecular weight excluding hydrogens is 242 g/mol. The molecule has 18 heavy (non-hydrogen) atoms. The lowest BCUT2D eigenvalue weighted by Gasteiger charge is -2.21. The van der Waals surface area contributed by atoms with E-state index in [-0.39, 0.29) is 6.04 Å². The van der Waals surface area contributed by atoms with E-state index in [1.165, 1.54) is 5.69 Å². The lowest BCUT2D eigenvalue weighted by Crippen LogP contribution is -2.14. The number of thiazole rings is 1. The molecule has 1 heterocycles. The normalized spacial score (nSPS) is 12.2. The minimum absolute atomic E-state index is 0.219. The van der Waals surface area contributed by atoms with Crippen molar-refractivity contribution in [2.24, 2.45) is 0 Å². The number of hydrogen-bond donors (Lipinski definition) is 1. The van der Waals surface area contributed by atoms with E-state index in [4.69, 9.17) is 0 Å². The van der Waals surface area contributed by atoms with E-state index in [0.717, 1.165) is 16.4 Å². The molecule has 0 fully saturated rings. The van der Waals surface area contributed by atoms with Crippen molar-refractivity contribution in [1.29, 1.82) is 0 Å². The van der Waals surface area contributed by atoms with E-state index in [0.29, 0.717) is 0 Å². The van der Waals surface area contributed by atoms with Crippen LogP contribution in [0.25, 0.3) is 0 Å². The van der Waals surface area contributed by atoms with Gasteiger partial charge >= 0.3 is 0 Å². The van der Waals surface area contributed by atoms with Gasteiger partial charge in [-0.2, -0.15) is 0 Å². The topological polar surface area (TPSA) is 28.2 Å². The minimum Gasteiger partial charge on any atom is -0.376 e. The molecule has 2 rings (SSSR count). The second-order valence-corrected chi connectivity index (χ2v) is 5.63. The number of anilines is 2. The van der Waals surface area contributed by atoms with E-state index in [2.05, 4.69) is 59.8 Å². The number of nitrogens with one attached hydrogen (secondary N) is 1. The standard InChI is InChI=1S/C14H19N3S/c1-10(13-9-18-11(2)16-13)15-12-7-5-6-8-14(12)17(3)4/h5-10,15H,1-4H3. The van der Waals surface area contributed by atoms with Gasteiger partial charge in [0, 0.05) is 19.5 Å². The maximum atomic E-state index is 4.52. The highest BCUT2D eigenvalue weighted by Gasteiger charge is 2.11. The Balaban J connectivity index is 2.19. The average molecular weight is 261 g/mol. The fourth-order valence-electron chi connectivity index (χ4n) is 1.87. The Morgan fingerprint density at radius 1 is 1.28 bits per heavy atom. The summed E-state index contributed by atoms with van der Waals surface area (Å²) in [4.78, 5) is 6.64. The lowest BCUT2D eigenvalue weighted by atomic mass is 10.2. The van der Waals surface area contributed by atoms with Crippen molar-refractivity contribution < 1.29 is 0 Å². The van der Waals surface area contributed by atoms with Crippen molar-refractivity contribution in [1.82, 2.24) is 4.98 Å². The maximum absolute atomic E-state index is 4.52. The third-order valence-electron chi connectivity index (χ3n) is 2.84. The van der Waals surface area contributed by atoms with Crippen LogP contribution < -0.4 is 10.2 Å². The largest absolute Gasteiger partial charge is 0.376 e. The molecule has 1 aromatic carbocycles. The van der Waals surface area contributed by atoms with Crippen LogP contribution >= 0.6 is 11.3 Å². The van der Waals surface area contributed by atoms with Crippen LogP contribution in [0.5, 0.6) is 0 Å². The average Bonchev–Trinajstić information content (AvgIpc) is 2.76. The summed E-state index contributed by atoms with van der Waals surface area (Å²) < 4.78 is 0. The molecule has 0 amide bonds. The number of para-hydroxylation sites is 2. The summed E-state index contributed by atoms with van der Waals surface area (Å²) in [5.41, 5.74) is 3.43. The minimum atomic E-state index is 0.219. The molecule has 0 aliphatic carbocycles. The quantitative estimate of drug-likeness (QED) is 0.909. The highest BCUT2D eigenvalue weighted by atomic mass is 32.1. The second-order valence-electron chi connectivity index (χ2n) is 4.57. The van der Waals surface area contributed by atoms with Gasteiger partial charge in [-0.3, -0.25) is 0 Å². The van der Waals surface area contributed by atoms with Crippen molar-refractivity contribution >= 4 is 22.7 Å². The van der Waals surface area contributed by atoms with Crippen LogP contribution in [-0.4, -0.2) is 19.1 Å². The SMILES string of the molecule is Cc1nc(C(C)Nc2ccccc2N(C)C)cs1. The van der Waals surface area contributed by atoms with E-state index >= 15 is 0 Å². The zero-order valence-electron chi connectivity index (χ0n) is 11.3. The van der Waals surface area contributed by atoms with Crippen molar-refractivity contribution in [3.8, 4) is 0 Å². The number of aromatic nitrogens is 1. The Morgan fingerprint density at radius 3 is 2.61 bits per heavy atom. The molecular formula is C14H19N3S. The third-order valence-corrected chi connectivity index (χ3v) is 3.63. The molecule has 2 aromatic rings. The number of aryl methyl sites for hydroxylation is 1. The van der Waals surface area contributed by atoms with E-state index < -0.39 is 0 Å². The summed E-state index contributed by atoms with van der Waals surface area (Å²) in [7, 11) is 4.11. The van der Waals surface area contributed by atoms with Crippen LogP contribution in [0.1, 0.15) is 23.7 Å². The summed E-state index contributed by atoms with van der Waals surface area (Å²) in [6, 6.07) is 8.54. The summed E-state index contributed by atoms with van der Waals surface area (Å²) in [6.45, 7) is 4.18. The van der Waals surface area contributed by atoms with Gasteiger partial charge in [-0.1, -0.05) is 12.1 Å². The molecule has 0 spiro atoms. The fourth-order valence-corrected chi connectivity index (χ4v) is 2.58. The lowest BCUT2D eigenvalue weighted by molar-refractivity contribution is 0.844. The third kappa shape index (κ3) is 2.82. The van der Waals surface area contributed by atoms with Gasteiger partial charge in [-0.05, 0) is 26.0 Å². The van der Waals surface area contributed by atoms with Crippen molar-refractivity contribution in [3.63, 3.8) is 0 Å². The Morgan fingerprint density at radius 2 is 2.00 bits per heavy atom. The second kappa shape index (κ2) is 5.40. The van der Waals surface area contributed by atoms with Crippen molar-refractivity contribution in [3.05, 3.63) is 40.3 Å². The molecule has 3 nitrogen and oxygen atoms in total. The zero-order chi connectivity index (χ0) is 13.1. The molecule has 96 valence electrons. The highest BCUT2D eigenvalue weighted by Crippen LogP contribution is 2.28. The molecule has 0 bridgehead atoms. The molecule has 1 atom stereocenters. The highest BCUT2D eigenvalue weighted by molar-refractivity contribution is 7.09. The van der Waals surface area contributed by atoms with Crippen LogP contribution in [0.4, 0.5) is 11.4 Å². The summed E-state index contributed by atoms with van der Waals surface area (Å²) in [5.74, 6) is 0. The van der Waals surface area contributed by atoms with Gasteiger partial charge < -0.3 is 10.2 Å². The Hall–Kier alpha value is -1.55. The fraction of sp³-hybridized carbons (Fsp3) is 0.357. The molecule has 1 aromatic heterocycles. The monoisotopic (exact) mass is 261 g/mol. The number of rotatable bonds is 4. The Labute approximate surface area is 112 Å². The van der Waals surface area contributed by atoms with Gasteiger partial charge in [0.25, 0.3) is 0 Å².